The molecular formula is C33H38F8N4O6. The largest absolute Gasteiger partial charge is 0.506 e. The molecule has 0 atom stereocenters. The van der Waals surface area contributed by atoms with E-state index < -0.39 is 35.6 Å². The summed E-state index contributed by atoms with van der Waals surface area (Å²) in [6.07, 6.45) is -4.41. The number of halogens is 8. The smallest absolute Gasteiger partial charge is 0.458 e. The molecule has 2 aromatic carbocycles. The molecule has 10 nitrogen and oxygen atoms in total. The Bertz CT molecular complexity index is 1510. The lowest BCUT2D eigenvalue weighted by Gasteiger charge is -2.34. The molecule has 282 valence electrons. The number of fused-ring (bicyclic) bond motifs is 1. The second-order valence-electron chi connectivity index (χ2n) is 11.8. The summed E-state index contributed by atoms with van der Waals surface area (Å²) in [7, 11) is 0. The number of Topliss-reactive ketones (excluding diaryl/α,β-unsaturated/α-hetero) is 2. The number of ether oxygens (including phenoxy) is 1. The Morgan fingerprint density at radius 3 is 2.10 bits per heavy atom. The third-order valence-electron chi connectivity index (χ3n) is 8.08. The highest BCUT2D eigenvalue weighted by Gasteiger charge is 2.54. The highest BCUT2D eigenvalue weighted by atomic mass is 19.4. The van der Waals surface area contributed by atoms with Crippen LogP contribution in [-0.4, -0.2) is 91.1 Å². The summed E-state index contributed by atoms with van der Waals surface area (Å²) in [5.74, 6) is -8.19. The molecule has 0 radical (unpaired) electrons. The lowest BCUT2D eigenvalue weighted by molar-refractivity contribution is -0.193. The number of carbonyl (C=O) groups excluding carboxylic acids is 4. The Morgan fingerprint density at radius 2 is 1.47 bits per heavy atom. The number of anilines is 1. The summed E-state index contributed by atoms with van der Waals surface area (Å²) < 4.78 is 99.0. The molecule has 4 N–H and O–H groups in total. The van der Waals surface area contributed by atoms with Crippen molar-refractivity contribution in [1.82, 2.24) is 15.5 Å². The van der Waals surface area contributed by atoms with Gasteiger partial charge in [0.05, 0.1) is 0 Å². The average molecular weight is 739 g/mol. The van der Waals surface area contributed by atoms with Crippen LogP contribution in [0.4, 0.5) is 40.8 Å². The van der Waals surface area contributed by atoms with Gasteiger partial charge in [-0.2, -0.15) is 26.3 Å². The second-order valence-corrected chi connectivity index (χ2v) is 11.8. The van der Waals surface area contributed by atoms with E-state index in [1.165, 1.54) is 12.5 Å². The first-order chi connectivity index (χ1) is 24.0. The first-order valence-electron chi connectivity index (χ1n) is 16.1. The number of benzene rings is 2. The van der Waals surface area contributed by atoms with Crippen LogP contribution in [0.5, 0.6) is 11.5 Å². The highest BCUT2D eigenvalue weighted by molar-refractivity contribution is 6.41. The zero-order valence-corrected chi connectivity index (χ0v) is 27.3. The van der Waals surface area contributed by atoms with Gasteiger partial charge < -0.3 is 30.7 Å². The quantitative estimate of drug-likeness (QED) is 0.0943. The number of phenolic OH excluding ortho intramolecular Hbond substituents is 1. The maximum atomic E-state index is 13.4. The normalized spacial score (nSPS) is 14.8. The monoisotopic (exact) mass is 738 g/mol. The van der Waals surface area contributed by atoms with Gasteiger partial charge in [0.15, 0.2) is 24.0 Å². The van der Waals surface area contributed by atoms with Crippen molar-refractivity contribution in [2.75, 3.05) is 44.6 Å². The number of ketones is 2. The van der Waals surface area contributed by atoms with E-state index in [4.69, 9.17) is 4.74 Å². The number of nitrogens with one attached hydrogen (secondary N) is 3. The van der Waals surface area contributed by atoms with Gasteiger partial charge in [0.25, 0.3) is 5.91 Å². The van der Waals surface area contributed by atoms with Crippen LogP contribution in [0, 0.1) is 11.6 Å². The maximum Gasteiger partial charge on any atom is 0.458 e. The molecule has 1 fully saturated rings. The molecule has 1 heterocycles. The fourth-order valence-corrected chi connectivity index (χ4v) is 5.51. The number of hydrogen-bond donors (Lipinski definition) is 4. The molecule has 1 aliphatic carbocycles. The first kappa shape index (κ1) is 41.1. The van der Waals surface area contributed by atoms with Crippen molar-refractivity contribution in [1.29, 1.82) is 0 Å². The third kappa shape index (κ3) is 12.7. The topological polar surface area (TPSA) is 137 Å². The zero-order valence-electron chi connectivity index (χ0n) is 27.3. The SMILES string of the molecule is O=C(C(=O)C(F)(F)F)C(F)(F)F.O=C1COc2c(CCNCCN(C(=O)CCNCCc3ccc(F)c(F)c3)C3CCCCC3)ccc(O)c2N1. The maximum absolute atomic E-state index is 13.4. The molecule has 0 saturated heterocycles. The highest BCUT2D eigenvalue weighted by Crippen LogP contribution is 2.39. The Labute approximate surface area is 287 Å². The van der Waals surface area contributed by atoms with Crippen LogP contribution < -0.4 is 20.7 Å². The van der Waals surface area contributed by atoms with Crippen LogP contribution in [0.3, 0.4) is 0 Å². The van der Waals surface area contributed by atoms with Gasteiger partial charge >= 0.3 is 23.9 Å². The van der Waals surface area contributed by atoms with E-state index in [1.54, 1.807) is 18.2 Å². The number of alkyl halides is 6. The van der Waals surface area contributed by atoms with Crippen LogP contribution in [0.1, 0.15) is 49.7 Å². The minimum Gasteiger partial charge on any atom is -0.506 e. The molecule has 0 aromatic heterocycles. The van der Waals surface area contributed by atoms with Crippen LogP contribution in [0.2, 0.25) is 0 Å². The van der Waals surface area contributed by atoms with Crippen molar-refractivity contribution in [3.05, 3.63) is 53.1 Å². The fraction of sp³-hybridized carbons (Fsp3) is 0.515. The summed E-state index contributed by atoms with van der Waals surface area (Å²) in [4.78, 5) is 46.0. The molecule has 51 heavy (non-hydrogen) atoms. The van der Waals surface area contributed by atoms with Crippen LogP contribution in [0.25, 0.3) is 0 Å². The van der Waals surface area contributed by atoms with Crippen molar-refractivity contribution in [2.24, 2.45) is 0 Å². The Kier molecular flexibility index (Phi) is 15.1. The van der Waals surface area contributed by atoms with E-state index in [-0.39, 0.29) is 30.2 Å². The molecule has 2 aromatic rings. The number of hydrogen-bond acceptors (Lipinski definition) is 8. The summed E-state index contributed by atoms with van der Waals surface area (Å²) in [6, 6.07) is 7.53. The number of carbonyl (C=O) groups is 4. The second kappa shape index (κ2) is 18.8. The van der Waals surface area contributed by atoms with Crippen molar-refractivity contribution in [3.63, 3.8) is 0 Å². The predicted octanol–water partition coefficient (Wildman–Crippen LogP) is 4.77. The van der Waals surface area contributed by atoms with Crippen LogP contribution in [0.15, 0.2) is 30.3 Å². The van der Waals surface area contributed by atoms with E-state index in [0.29, 0.717) is 69.0 Å². The lowest BCUT2D eigenvalue weighted by atomic mass is 9.94. The van der Waals surface area contributed by atoms with Gasteiger partial charge in [-0.3, -0.25) is 19.2 Å². The summed E-state index contributed by atoms with van der Waals surface area (Å²) >= 11 is 0. The summed E-state index contributed by atoms with van der Waals surface area (Å²) in [5, 5.41) is 19.4. The van der Waals surface area contributed by atoms with Crippen molar-refractivity contribution >= 4 is 29.1 Å². The zero-order chi connectivity index (χ0) is 37.8. The summed E-state index contributed by atoms with van der Waals surface area (Å²) in [6.45, 7) is 2.98. The third-order valence-corrected chi connectivity index (χ3v) is 8.08. The van der Waals surface area contributed by atoms with E-state index in [0.717, 1.165) is 37.3 Å². The van der Waals surface area contributed by atoms with Gasteiger partial charge in [0.2, 0.25) is 5.91 Å². The van der Waals surface area contributed by atoms with E-state index in [9.17, 15) is 59.4 Å². The Morgan fingerprint density at radius 1 is 0.843 bits per heavy atom. The molecule has 1 saturated carbocycles. The standard InChI is InChI=1S/C29H38F2N4O4.C4F6O2/c30-23-8-6-20(18-24(23)31)10-13-32-15-12-27(38)35(22-4-2-1-3-5-22)17-16-33-14-11-21-7-9-25(36)28-29(21)39-19-26(37)34-28;5-3(6,7)1(11)2(12)4(8,9)10/h6-9,18,22,32-33,36H,1-5,10-17,19H2,(H,34,37);. The number of amides is 2. The summed E-state index contributed by atoms with van der Waals surface area (Å²) in [5.41, 5.74) is 1.92. The number of nitrogens with zero attached hydrogens (tertiary/aromatic N) is 1. The van der Waals surface area contributed by atoms with E-state index in [2.05, 4.69) is 16.0 Å². The van der Waals surface area contributed by atoms with E-state index in [1.807, 2.05) is 4.90 Å². The van der Waals surface area contributed by atoms with Gasteiger partial charge in [-0.05, 0) is 68.1 Å². The van der Waals surface area contributed by atoms with Crippen LogP contribution >= 0.6 is 0 Å². The van der Waals surface area contributed by atoms with Crippen molar-refractivity contribution in [2.45, 2.75) is 69.8 Å². The number of rotatable bonds is 14. The van der Waals surface area contributed by atoms with Gasteiger partial charge in [0, 0.05) is 32.1 Å². The molecule has 18 heteroatoms. The van der Waals surface area contributed by atoms with Crippen molar-refractivity contribution < 1.29 is 64.1 Å². The van der Waals surface area contributed by atoms with Gasteiger partial charge in [0.1, 0.15) is 11.4 Å². The van der Waals surface area contributed by atoms with Crippen molar-refractivity contribution in [3.8, 4) is 11.5 Å². The number of phenols is 1. The molecule has 1 aliphatic heterocycles. The molecular weight excluding hydrogens is 700 g/mol. The molecule has 0 unspecified atom stereocenters. The van der Waals surface area contributed by atoms with Crippen LogP contribution in [-0.2, 0) is 32.0 Å². The molecule has 4 rings (SSSR count). The number of aromatic hydroxyl groups is 1. The lowest BCUT2D eigenvalue weighted by Crippen LogP contribution is -2.45. The average Bonchev–Trinajstić information content (AvgIpc) is 3.08. The predicted molar refractivity (Wildman–Crippen MR) is 167 cm³/mol. The van der Waals surface area contributed by atoms with Gasteiger partial charge in [-0.15, -0.1) is 0 Å². The first-order valence-corrected chi connectivity index (χ1v) is 16.1. The van der Waals surface area contributed by atoms with E-state index >= 15 is 0 Å². The van der Waals surface area contributed by atoms with Gasteiger partial charge in [-0.1, -0.05) is 31.4 Å². The Hall–Kier alpha value is -4.32. The molecule has 0 spiro atoms. The fourth-order valence-electron chi connectivity index (χ4n) is 5.51. The molecule has 0 bridgehead atoms. The minimum atomic E-state index is -5.77. The molecule has 2 aliphatic rings. The minimum absolute atomic E-state index is 0.0183. The molecule has 2 amide bonds. The Balaban J connectivity index is 0.000000501. The van der Waals surface area contributed by atoms with Gasteiger partial charge in [-0.25, -0.2) is 8.78 Å².